The first-order valence-corrected chi connectivity index (χ1v) is 4.82. The first-order valence-electron chi connectivity index (χ1n) is 4.82. The summed E-state index contributed by atoms with van der Waals surface area (Å²) in [5.74, 6) is 0.310. The molecule has 1 nitrogen and oxygen atoms in total. The molecule has 1 aliphatic carbocycles. The van der Waals surface area contributed by atoms with E-state index in [4.69, 9.17) is 5.73 Å². The second-order valence-corrected chi connectivity index (χ2v) is 3.76. The van der Waals surface area contributed by atoms with Crippen LogP contribution in [0, 0.1) is 5.82 Å². The van der Waals surface area contributed by atoms with E-state index in [9.17, 15) is 4.39 Å². The highest BCUT2D eigenvalue weighted by atomic mass is 19.1. The summed E-state index contributed by atoms with van der Waals surface area (Å²) in [6.07, 6.45) is 5.04. The van der Waals surface area contributed by atoms with Gasteiger partial charge >= 0.3 is 0 Å². The molecule has 1 saturated carbocycles. The van der Waals surface area contributed by atoms with Crippen molar-refractivity contribution in [2.45, 2.75) is 31.6 Å². The van der Waals surface area contributed by atoms with Crippen LogP contribution in [0.4, 0.5) is 10.1 Å². The van der Waals surface area contributed by atoms with Crippen LogP contribution in [0.15, 0.2) is 18.2 Å². The van der Waals surface area contributed by atoms with E-state index in [1.165, 1.54) is 37.3 Å². The van der Waals surface area contributed by atoms with Crippen LogP contribution < -0.4 is 5.73 Å². The minimum atomic E-state index is -0.304. The van der Waals surface area contributed by atoms with Crippen molar-refractivity contribution in [1.82, 2.24) is 0 Å². The third-order valence-electron chi connectivity index (χ3n) is 2.85. The number of halogens is 1. The summed E-state index contributed by atoms with van der Waals surface area (Å²) in [6.45, 7) is 0. The molecule has 0 saturated heterocycles. The van der Waals surface area contributed by atoms with Crippen LogP contribution in [0.5, 0.6) is 0 Å². The molecule has 0 aliphatic heterocycles. The second-order valence-electron chi connectivity index (χ2n) is 3.76. The van der Waals surface area contributed by atoms with Gasteiger partial charge in [0.05, 0.1) is 5.69 Å². The quantitative estimate of drug-likeness (QED) is 0.659. The molecule has 1 aromatic carbocycles. The molecule has 0 radical (unpaired) electrons. The van der Waals surface area contributed by atoms with Gasteiger partial charge in [0.1, 0.15) is 5.82 Å². The normalized spacial score (nSPS) is 17.9. The molecule has 0 unspecified atom stereocenters. The summed E-state index contributed by atoms with van der Waals surface area (Å²) < 4.78 is 12.9. The monoisotopic (exact) mass is 179 g/mol. The van der Waals surface area contributed by atoms with Gasteiger partial charge in [-0.05, 0) is 36.5 Å². The van der Waals surface area contributed by atoms with E-state index in [0.29, 0.717) is 5.92 Å². The van der Waals surface area contributed by atoms with Crippen molar-refractivity contribution in [2.24, 2.45) is 0 Å². The van der Waals surface area contributed by atoms with Crippen LogP contribution in [0.1, 0.15) is 37.2 Å². The zero-order valence-electron chi connectivity index (χ0n) is 7.59. The van der Waals surface area contributed by atoms with E-state index < -0.39 is 0 Å². The fraction of sp³-hybridized carbons (Fsp3) is 0.455. The SMILES string of the molecule is Nc1cc(C2CCCC2)ccc1F. The van der Waals surface area contributed by atoms with Gasteiger partial charge in [0, 0.05) is 0 Å². The Morgan fingerprint density at radius 2 is 1.92 bits per heavy atom. The summed E-state index contributed by atoms with van der Waals surface area (Å²) in [4.78, 5) is 0. The summed E-state index contributed by atoms with van der Waals surface area (Å²) in [5.41, 5.74) is 7.00. The lowest BCUT2D eigenvalue weighted by atomic mass is 9.97. The minimum absolute atomic E-state index is 0.282. The van der Waals surface area contributed by atoms with Gasteiger partial charge in [-0.15, -0.1) is 0 Å². The van der Waals surface area contributed by atoms with Crippen LogP contribution in [0.2, 0.25) is 0 Å². The Balaban J connectivity index is 2.25. The van der Waals surface area contributed by atoms with Gasteiger partial charge in [-0.3, -0.25) is 0 Å². The van der Waals surface area contributed by atoms with Crippen molar-refractivity contribution in [3.8, 4) is 0 Å². The molecular formula is C11H14FN. The Morgan fingerprint density at radius 1 is 1.23 bits per heavy atom. The standard InChI is InChI=1S/C11H14FN/c12-10-6-5-9(7-11(10)13)8-3-1-2-4-8/h5-8H,1-4,13H2. The van der Waals surface area contributed by atoms with Crippen LogP contribution in [0.25, 0.3) is 0 Å². The molecule has 2 heteroatoms. The van der Waals surface area contributed by atoms with E-state index in [1.807, 2.05) is 6.07 Å². The first kappa shape index (κ1) is 8.54. The molecule has 1 aromatic rings. The molecule has 2 N–H and O–H groups in total. The Labute approximate surface area is 77.8 Å². The Morgan fingerprint density at radius 3 is 2.54 bits per heavy atom. The van der Waals surface area contributed by atoms with E-state index >= 15 is 0 Å². The molecule has 1 aliphatic rings. The molecule has 2 rings (SSSR count). The third kappa shape index (κ3) is 1.67. The number of nitrogen functional groups attached to an aromatic ring is 1. The highest BCUT2D eigenvalue weighted by Gasteiger charge is 2.17. The topological polar surface area (TPSA) is 26.0 Å². The van der Waals surface area contributed by atoms with Crippen molar-refractivity contribution in [3.05, 3.63) is 29.6 Å². The lowest BCUT2D eigenvalue weighted by molar-refractivity contribution is 0.629. The van der Waals surface area contributed by atoms with E-state index in [0.717, 1.165) is 0 Å². The van der Waals surface area contributed by atoms with E-state index in [-0.39, 0.29) is 11.5 Å². The van der Waals surface area contributed by atoms with Gasteiger partial charge in [0.15, 0.2) is 0 Å². The number of hydrogen-bond donors (Lipinski definition) is 1. The molecule has 70 valence electrons. The third-order valence-corrected chi connectivity index (χ3v) is 2.85. The highest BCUT2D eigenvalue weighted by Crippen LogP contribution is 2.34. The van der Waals surface area contributed by atoms with Crippen molar-refractivity contribution in [1.29, 1.82) is 0 Å². The second kappa shape index (κ2) is 3.36. The number of anilines is 1. The molecule has 0 spiro atoms. The molecule has 0 bridgehead atoms. The predicted molar refractivity (Wildman–Crippen MR) is 52.0 cm³/mol. The molecule has 13 heavy (non-hydrogen) atoms. The predicted octanol–water partition coefficient (Wildman–Crippen LogP) is 3.07. The number of nitrogens with two attached hydrogens (primary N) is 1. The number of rotatable bonds is 1. The first-order chi connectivity index (χ1) is 6.27. The molecule has 0 heterocycles. The van der Waals surface area contributed by atoms with Crippen molar-refractivity contribution in [2.75, 3.05) is 5.73 Å². The Hall–Kier alpha value is -1.05. The maximum atomic E-state index is 12.9. The van der Waals surface area contributed by atoms with Gasteiger partial charge in [0.25, 0.3) is 0 Å². The van der Waals surface area contributed by atoms with Crippen molar-refractivity contribution >= 4 is 5.69 Å². The molecule has 1 fully saturated rings. The Kier molecular flexibility index (Phi) is 2.21. The summed E-state index contributed by atoms with van der Waals surface area (Å²) in [6, 6.07) is 5.12. The van der Waals surface area contributed by atoms with Gasteiger partial charge in [-0.2, -0.15) is 0 Å². The zero-order chi connectivity index (χ0) is 9.26. The molecular weight excluding hydrogens is 165 g/mol. The Bertz CT molecular complexity index is 303. The largest absolute Gasteiger partial charge is 0.396 e. The minimum Gasteiger partial charge on any atom is -0.396 e. The highest BCUT2D eigenvalue weighted by molar-refractivity contribution is 5.43. The van der Waals surface area contributed by atoms with Gasteiger partial charge in [-0.25, -0.2) is 4.39 Å². The fourth-order valence-corrected chi connectivity index (χ4v) is 2.08. The summed E-state index contributed by atoms with van der Waals surface area (Å²) in [7, 11) is 0. The van der Waals surface area contributed by atoms with Crippen LogP contribution in [-0.4, -0.2) is 0 Å². The lowest BCUT2D eigenvalue weighted by Crippen LogP contribution is -1.96. The average Bonchev–Trinajstić information content (AvgIpc) is 2.62. The van der Waals surface area contributed by atoms with Gasteiger partial charge < -0.3 is 5.73 Å². The van der Waals surface area contributed by atoms with Crippen LogP contribution in [0.3, 0.4) is 0 Å². The maximum absolute atomic E-state index is 12.9. The molecule has 0 atom stereocenters. The molecule has 0 aromatic heterocycles. The van der Waals surface area contributed by atoms with Gasteiger partial charge in [0.2, 0.25) is 0 Å². The maximum Gasteiger partial charge on any atom is 0.146 e. The number of hydrogen-bond acceptors (Lipinski definition) is 1. The van der Waals surface area contributed by atoms with Crippen molar-refractivity contribution in [3.63, 3.8) is 0 Å². The summed E-state index contributed by atoms with van der Waals surface area (Å²) in [5, 5.41) is 0. The number of benzene rings is 1. The molecule has 0 amide bonds. The average molecular weight is 179 g/mol. The van der Waals surface area contributed by atoms with Gasteiger partial charge in [-0.1, -0.05) is 18.9 Å². The smallest absolute Gasteiger partial charge is 0.146 e. The fourth-order valence-electron chi connectivity index (χ4n) is 2.08. The summed E-state index contributed by atoms with van der Waals surface area (Å²) >= 11 is 0. The van der Waals surface area contributed by atoms with Crippen LogP contribution >= 0.6 is 0 Å². The van der Waals surface area contributed by atoms with E-state index in [1.54, 1.807) is 6.07 Å². The zero-order valence-corrected chi connectivity index (χ0v) is 7.59. The van der Waals surface area contributed by atoms with Crippen LogP contribution in [-0.2, 0) is 0 Å². The van der Waals surface area contributed by atoms with E-state index in [2.05, 4.69) is 0 Å². The lowest BCUT2D eigenvalue weighted by Gasteiger charge is -2.09. The van der Waals surface area contributed by atoms with Crippen molar-refractivity contribution < 1.29 is 4.39 Å².